The minimum absolute atomic E-state index is 0.00913. The topological polar surface area (TPSA) is 78.0 Å². The molecule has 0 spiro atoms. The fraction of sp³-hybridized carbons (Fsp3) is 0.281. The maximum Gasteiger partial charge on any atom is 0.436 e. The van der Waals surface area contributed by atoms with E-state index in [1.165, 1.54) is 41.0 Å². The van der Waals surface area contributed by atoms with Gasteiger partial charge in [0.15, 0.2) is 5.69 Å². The highest BCUT2D eigenvalue weighted by Gasteiger charge is 2.56. The molecule has 4 heterocycles. The molecule has 44 heavy (non-hydrogen) atoms. The zero-order chi connectivity index (χ0) is 30.5. The third kappa shape index (κ3) is 4.36. The van der Waals surface area contributed by atoms with Crippen molar-refractivity contribution in [3.63, 3.8) is 0 Å². The summed E-state index contributed by atoms with van der Waals surface area (Å²) in [5, 5.41) is 7.21. The standard InChI is InChI=1S/C32H23ClF4N6O/c1-15-2-3-17-9-18(5-4-16(17)8-15)20-12-25(38-30(20)34)29-21-11-22(21)31-39-24(13-28(44)43(29)31)23-10-19(33)6-7-26(23)42-14-27(40-41-42)32(35,36)37/h4-7,9-10,13-14,21-22,29H,1-3,8,11-12H2. The first-order chi connectivity index (χ1) is 21.0. The minimum Gasteiger partial charge on any atom is -0.287 e. The van der Waals surface area contributed by atoms with Crippen molar-refractivity contribution in [2.75, 3.05) is 0 Å². The predicted molar refractivity (Wildman–Crippen MR) is 156 cm³/mol. The lowest BCUT2D eigenvalue weighted by Crippen LogP contribution is -2.30. The Labute approximate surface area is 253 Å². The SMILES string of the molecule is C=C1CCc2cc(C3=C(F)N=C(C4C5CC5c5nc(-c6cc(Cl)ccc6-n6cc(C(F)(F)F)nn6)cc(=O)n54)C3)ccc2C1. The summed E-state index contributed by atoms with van der Waals surface area (Å²) in [5.41, 5.74) is 4.85. The highest BCUT2D eigenvalue weighted by atomic mass is 35.5. The van der Waals surface area contributed by atoms with Crippen LogP contribution in [0.2, 0.25) is 5.02 Å². The highest BCUT2D eigenvalue weighted by molar-refractivity contribution is 6.31. The molecule has 3 atom stereocenters. The zero-order valence-corrected chi connectivity index (χ0v) is 23.8. The van der Waals surface area contributed by atoms with Gasteiger partial charge in [-0.1, -0.05) is 47.2 Å². The van der Waals surface area contributed by atoms with E-state index >= 15 is 4.39 Å². The van der Waals surface area contributed by atoms with Crippen molar-refractivity contribution in [3.05, 3.63) is 110 Å². The third-order valence-corrected chi connectivity index (χ3v) is 9.27. The summed E-state index contributed by atoms with van der Waals surface area (Å²) < 4.78 is 57.6. The van der Waals surface area contributed by atoms with Gasteiger partial charge in [0.1, 0.15) is 5.82 Å². The van der Waals surface area contributed by atoms with Crippen LogP contribution in [0.15, 0.2) is 76.6 Å². The molecular weight excluding hydrogens is 596 g/mol. The van der Waals surface area contributed by atoms with Crippen molar-refractivity contribution in [2.24, 2.45) is 10.9 Å². The molecule has 8 rings (SSSR count). The summed E-state index contributed by atoms with van der Waals surface area (Å²) in [6.07, 6.45) is -0.186. The van der Waals surface area contributed by atoms with Crippen LogP contribution in [0.3, 0.4) is 0 Å². The number of benzene rings is 2. The quantitative estimate of drug-likeness (QED) is 0.140. The molecule has 0 bridgehead atoms. The molecular formula is C32H23ClF4N6O. The number of hydrogen-bond acceptors (Lipinski definition) is 5. The highest BCUT2D eigenvalue weighted by Crippen LogP contribution is 2.60. The van der Waals surface area contributed by atoms with Gasteiger partial charge < -0.3 is 0 Å². The number of alkyl halides is 3. The second-order valence-corrected chi connectivity index (χ2v) is 12.3. The van der Waals surface area contributed by atoms with Crippen LogP contribution in [-0.4, -0.2) is 30.3 Å². The summed E-state index contributed by atoms with van der Waals surface area (Å²) in [7, 11) is 0. The predicted octanol–water partition coefficient (Wildman–Crippen LogP) is 7.05. The second-order valence-electron chi connectivity index (χ2n) is 11.8. The number of hydrogen-bond donors (Lipinski definition) is 0. The minimum atomic E-state index is -4.67. The molecule has 2 aliphatic heterocycles. The Kier molecular flexibility index (Phi) is 5.91. The smallest absolute Gasteiger partial charge is 0.287 e. The van der Waals surface area contributed by atoms with Gasteiger partial charge >= 0.3 is 6.18 Å². The van der Waals surface area contributed by atoms with Gasteiger partial charge in [-0.2, -0.15) is 17.6 Å². The van der Waals surface area contributed by atoms with Crippen molar-refractivity contribution in [1.29, 1.82) is 0 Å². The lowest BCUT2D eigenvalue weighted by atomic mass is 9.86. The number of aryl methyl sites for hydroxylation is 1. The molecule has 2 aliphatic carbocycles. The first kappa shape index (κ1) is 27.2. The Hall–Kier alpha value is -4.38. The lowest BCUT2D eigenvalue weighted by Gasteiger charge is -2.20. The first-order valence-corrected chi connectivity index (χ1v) is 14.6. The fourth-order valence-electron chi connectivity index (χ4n) is 6.83. The zero-order valence-electron chi connectivity index (χ0n) is 23.1. The normalized spacial score (nSPS) is 22.2. The molecule has 4 aromatic rings. The van der Waals surface area contributed by atoms with Crippen LogP contribution < -0.4 is 5.56 Å². The summed E-state index contributed by atoms with van der Waals surface area (Å²) in [6, 6.07) is 11.5. The number of allylic oxidation sites excluding steroid dienone is 2. The molecule has 1 fully saturated rings. The molecule has 3 unspecified atom stereocenters. The molecule has 0 N–H and O–H groups in total. The van der Waals surface area contributed by atoms with Crippen molar-refractivity contribution in [1.82, 2.24) is 24.5 Å². The average Bonchev–Trinajstić information content (AvgIpc) is 3.28. The molecule has 222 valence electrons. The molecule has 2 aromatic carbocycles. The van der Waals surface area contributed by atoms with Crippen molar-refractivity contribution < 1.29 is 17.6 Å². The van der Waals surface area contributed by atoms with Gasteiger partial charge in [-0.05, 0) is 66.5 Å². The Balaban J connectivity index is 1.12. The Morgan fingerprint density at radius 1 is 1.02 bits per heavy atom. The summed E-state index contributed by atoms with van der Waals surface area (Å²) in [6.45, 7) is 4.10. The summed E-state index contributed by atoms with van der Waals surface area (Å²) in [4.78, 5) is 22.8. The Bertz CT molecular complexity index is 2040. The second kappa shape index (κ2) is 9.56. The maximum absolute atomic E-state index is 15.4. The van der Waals surface area contributed by atoms with E-state index in [-0.39, 0.29) is 28.8 Å². The molecule has 2 aromatic heterocycles. The van der Waals surface area contributed by atoms with E-state index in [0.29, 0.717) is 34.1 Å². The molecule has 1 saturated carbocycles. The third-order valence-electron chi connectivity index (χ3n) is 9.03. The van der Waals surface area contributed by atoms with E-state index in [2.05, 4.69) is 21.9 Å². The Morgan fingerprint density at radius 2 is 1.86 bits per heavy atom. The van der Waals surface area contributed by atoms with Gasteiger partial charge in [0.05, 0.1) is 23.6 Å². The van der Waals surface area contributed by atoms with Crippen LogP contribution in [0.25, 0.3) is 22.5 Å². The lowest BCUT2D eigenvalue weighted by molar-refractivity contribution is -0.141. The number of nitrogens with zero attached hydrogens (tertiary/aromatic N) is 6. The average molecular weight is 619 g/mol. The Morgan fingerprint density at radius 3 is 2.66 bits per heavy atom. The summed E-state index contributed by atoms with van der Waals surface area (Å²) >= 11 is 6.26. The van der Waals surface area contributed by atoms with Gasteiger partial charge in [0.25, 0.3) is 5.56 Å². The van der Waals surface area contributed by atoms with E-state index in [4.69, 9.17) is 16.6 Å². The molecule has 12 heteroatoms. The van der Waals surface area contributed by atoms with Gasteiger partial charge in [0, 0.05) is 40.3 Å². The van der Waals surface area contributed by atoms with Gasteiger partial charge in [0.2, 0.25) is 5.95 Å². The molecule has 0 radical (unpaired) electrons. The van der Waals surface area contributed by atoms with Crippen LogP contribution >= 0.6 is 11.6 Å². The number of aliphatic imine (C=N–C) groups is 1. The molecule has 0 saturated heterocycles. The summed E-state index contributed by atoms with van der Waals surface area (Å²) in [5.74, 6) is 0.0752. The van der Waals surface area contributed by atoms with Crippen LogP contribution in [-0.2, 0) is 19.0 Å². The number of halogens is 5. The first-order valence-electron chi connectivity index (χ1n) is 14.2. The van der Waals surface area contributed by atoms with E-state index in [0.717, 1.165) is 42.1 Å². The molecule has 0 amide bonds. The van der Waals surface area contributed by atoms with Crippen LogP contribution in [0.1, 0.15) is 59.4 Å². The number of aromatic nitrogens is 5. The van der Waals surface area contributed by atoms with Crippen molar-refractivity contribution >= 4 is 22.9 Å². The maximum atomic E-state index is 15.4. The fourth-order valence-corrected chi connectivity index (χ4v) is 7.00. The molecule has 7 nitrogen and oxygen atoms in total. The number of rotatable bonds is 4. The number of fused-ring (bicyclic) bond motifs is 4. The van der Waals surface area contributed by atoms with Crippen LogP contribution in [0, 0.1) is 5.92 Å². The van der Waals surface area contributed by atoms with Crippen LogP contribution in [0.4, 0.5) is 17.6 Å². The van der Waals surface area contributed by atoms with E-state index in [1.807, 2.05) is 18.2 Å². The monoisotopic (exact) mass is 618 g/mol. The van der Waals surface area contributed by atoms with E-state index < -0.39 is 23.9 Å². The molecule has 4 aliphatic rings. The van der Waals surface area contributed by atoms with Gasteiger partial charge in [-0.3, -0.25) is 9.36 Å². The van der Waals surface area contributed by atoms with E-state index in [9.17, 15) is 18.0 Å². The largest absolute Gasteiger partial charge is 0.436 e. The van der Waals surface area contributed by atoms with Crippen LogP contribution in [0.5, 0.6) is 0 Å². The van der Waals surface area contributed by atoms with E-state index in [1.54, 1.807) is 4.57 Å². The van der Waals surface area contributed by atoms with Gasteiger partial charge in [-0.15, -0.1) is 5.10 Å². The van der Waals surface area contributed by atoms with Crippen molar-refractivity contribution in [3.8, 4) is 16.9 Å². The van der Waals surface area contributed by atoms with Gasteiger partial charge in [-0.25, -0.2) is 14.7 Å². The van der Waals surface area contributed by atoms with Crippen molar-refractivity contribution in [2.45, 2.75) is 50.2 Å².